The maximum Gasteiger partial charge on any atom is 0.216 e. The van der Waals surface area contributed by atoms with Gasteiger partial charge in [-0.15, -0.1) is 0 Å². The summed E-state index contributed by atoms with van der Waals surface area (Å²) in [6.45, 7) is 2.16. The third-order valence-corrected chi connectivity index (χ3v) is 2.42. The predicted octanol–water partition coefficient (Wildman–Crippen LogP) is 0.950. The molecule has 0 saturated carbocycles. The van der Waals surface area contributed by atoms with Crippen LogP contribution in [0.3, 0.4) is 0 Å². The standard InChI is InChI=1S/C10H15N3O/c1-13-6-2-3-9(7-13)14-10-4-5-11-8-12-10/h4-5,8-9H,2-3,6-7H2,1H3. The van der Waals surface area contributed by atoms with Crippen molar-refractivity contribution >= 4 is 0 Å². The second-order valence-corrected chi connectivity index (χ2v) is 3.69. The summed E-state index contributed by atoms with van der Waals surface area (Å²) in [5.74, 6) is 0.681. The second-order valence-electron chi connectivity index (χ2n) is 3.69. The van der Waals surface area contributed by atoms with E-state index in [0.717, 1.165) is 13.0 Å². The van der Waals surface area contributed by atoms with Crippen LogP contribution < -0.4 is 4.74 Å². The van der Waals surface area contributed by atoms with Crippen LogP contribution in [0.1, 0.15) is 12.8 Å². The molecule has 4 nitrogen and oxygen atoms in total. The van der Waals surface area contributed by atoms with Crippen LogP contribution in [0.2, 0.25) is 0 Å². The summed E-state index contributed by atoms with van der Waals surface area (Å²) in [7, 11) is 2.12. The minimum atomic E-state index is 0.281. The van der Waals surface area contributed by atoms with Crippen LogP contribution in [-0.4, -0.2) is 41.1 Å². The first-order valence-corrected chi connectivity index (χ1v) is 4.96. The predicted molar refractivity (Wildman–Crippen MR) is 53.2 cm³/mol. The average molecular weight is 193 g/mol. The zero-order valence-corrected chi connectivity index (χ0v) is 8.39. The molecule has 2 rings (SSSR count). The molecule has 14 heavy (non-hydrogen) atoms. The quantitative estimate of drug-likeness (QED) is 0.701. The third-order valence-electron chi connectivity index (χ3n) is 2.42. The number of piperidine rings is 1. The molecule has 0 bridgehead atoms. The molecule has 1 saturated heterocycles. The van der Waals surface area contributed by atoms with Crippen LogP contribution in [0, 0.1) is 0 Å². The fourth-order valence-corrected chi connectivity index (χ4v) is 1.73. The van der Waals surface area contributed by atoms with Gasteiger partial charge in [-0.25, -0.2) is 9.97 Å². The van der Waals surface area contributed by atoms with Crippen molar-refractivity contribution in [1.29, 1.82) is 0 Å². The van der Waals surface area contributed by atoms with Crippen LogP contribution >= 0.6 is 0 Å². The molecule has 1 aliphatic heterocycles. The fraction of sp³-hybridized carbons (Fsp3) is 0.600. The molecule has 0 radical (unpaired) electrons. The summed E-state index contributed by atoms with van der Waals surface area (Å²) in [6, 6.07) is 1.80. The lowest BCUT2D eigenvalue weighted by Crippen LogP contribution is -2.38. The molecule has 0 amide bonds. The van der Waals surface area contributed by atoms with Crippen LogP contribution in [0.4, 0.5) is 0 Å². The minimum Gasteiger partial charge on any atom is -0.473 e. The molecule has 0 N–H and O–H groups in total. The molecule has 1 aromatic rings. The Morgan fingerprint density at radius 3 is 3.21 bits per heavy atom. The monoisotopic (exact) mass is 193 g/mol. The highest BCUT2D eigenvalue weighted by molar-refractivity contribution is 5.05. The molecule has 0 spiro atoms. The molecule has 0 aliphatic carbocycles. The van der Waals surface area contributed by atoms with E-state index in [1.54, 1.807) is 12.3 Å². The summed E-state index contributed by atoms with van der Waals surface area (Å²) in [5, 5.41) is 0. The Balaban J connectivity index is 1.91. The summed E-state index contributed by atoms with van der Waals surface area (Å²) in [4.78, 5) is 10.2. The van der Waals surface area contributed by atoms with Gasteiger partial charge in [-0.2, -0.15) is 0 Å². The molecule has 1 aliphatic rings. The largest absolute Gasteiger partial charge is 0.473 e. The molecular weight excluding hydrogens is 178 g/mol. The van der Waals surface area contributed by atoms with E-state index in [-0.39, 0.29) is 6.10 Å². The summed E-state index contributed by atoms with van der Waals surface area (Å²) < 4.78 is 5.73. The van der Waals surface area contributed by atoms with Crippen molar-refractivity contribution in [3.63, 3.8) is 0 Å². The van der Waals surface area contributed by atoms with Crippen LogP contribution in [-0.2, 0) is 0 Å². The van der Waals surface area contributed by atoms with Gasteiger partial charge in [-0.05, 0) is 26.4 Å². The number of ether oxygens (including phenoxy) is 1. The summed E-state index contributed by atoms with van der Waals surface area (Å²) in [5.41, 5.74) is 0. The van der Waals surface area contributed by atoms with Crippen molar-refractivity contribution in [2.75, 3.05) is 20.1 Å². The van der Waals surface area contributed by atoms with Crippen LogP contribution in [0.15, 0.2) is 18.6 Å². The first-order valence-electron chi connectivity index (χ1n) is 4.96. The Morgan fingerprint density at radius 2 is 2.50 bits per heavy atom. The summed E-state index contributed by atoms with van der Waals surface area (Å²) >= 11 is 0. The van der Waals surface area contributed by atoms with E-state index < -0.39 is 0 Å². The van der Waals surface area contributed by atoms with E-state index in [1.807, 2.05) is 0 Å². The Bertz CT molecular complexity index is 278. The smallest absolute Gasteiger partial charge is 0.216 e. The topological polar surface area (TPSA) is 38.2 Å². The van der Waals surface area contributed by atoms with E-state index in [9.17, 15) is 0 Å². The Kier molecular flexibility index (Phi) is 2.93. The number of hydrogen-bond acceptors (Lipinski definition) is 4. The molecule has 1 atom stereocenters. The number of likely N-dealkylation sites (N-methyl/N-ethyl adjacent to an activating group) is 1. The first kappa shape index (κ1) is 9.40. The van der Waals surface area contributed by atoms with Gasteiger partial charge in [0.1, 0.15) is 12.4 Å². The van der Waals surface area contributed by atoms with Gasteiger partial charge in [-0.3, -0.25) is 0 Å². The van der Waals surface area contributed by atoms with Crippen molar-refractivity contribution in [1.82, 2.24) is 14.9 Å². The molecule has 2 heterocycles. The van der Waals surface area contributed by atoms with Gasteiger partial charge in [0.15, 0.2) is 0 Å². The van der Waals surface area contributed by atoms with Crippen LogP contribution in [0.25, 0.3) is 0 Å². The highest BCUT2D eigenvalue weighted by atomic mass is 16.5. The Labute approximate surface area is 83.9 Å². The molecular formula is C10H15N3O. The van der Waals surface area contributed by atoms with E-state index in [2.05, 4.69) is 21.9 Å². The lowest BCUT2D eigenvalue weighted by atomic mass is 10.1. The van der Waals surface area contributed by atoms with Gasteiger partial charge in [0, 0.05) is 18.8 Å². The highest BCUT2D eigenvalue weighted by Crippen LogP contribution is 2.14. The highest BCUT2D eigenvalue weighted by Gasteiger charge is 2.18. The fourth-order valence-electron chi connectivity index (χ4n) is 1.73. The van der Waals surface area contributed by atoms with Crippen molar-refractivity contribution in [3.8, 4) is 5.88 Å². The normalized spacial score (nSPS) is 23.4. The summed E-state index contributed by atoms with van der Waals surface area (Å²) in [6.07, 6.45) is 5.82. The van der Waals surface area contributed by atoms with Gasteiger partial charge < -0.3 is 9.64 Å². The SMILES string of the molecule is CN1CCCC(Oc2ccncn2)C1. The average Bonchev–Trinajstić information content (AvgIpc) is 2.19. The molecule has 1 aromatic heterocycles. The van der Waals surface area contributed by atoms with Gasteiger partial charge in [0.25, 0.3) is 0 Å². The Morgan fingerprint density at radius 1 is 1.57 bits per heavy atom. The molecule has 76 valence electrons. The zero-order valence-electron chi connectivity index (χ0n) is 8.39. The van der Waals surface area contributed by atoms with Gasteiger partial charge >= 0.3 is 0 Å². The zero-order chi connectivity index (χ0) is 9.80. The number of hydrogen-bond donors (Lipinski definition) is 0. The number of nitrogens with zero attached hydrogens (tertiary/aromatic N) is 3. The number of aromatic nitrogens is 2. The van der Waals surface area contributed by atoms with Crippen molar-refractivity contribution < 1.29 is 4.74 Å². The van der Waals surface area contributed by atoms with E-state index >= 15 is 0 Å². The minimum absolute atomic E-state index is 0.281. The lowest BCUT2D eigenvalue weighted by Gasteiger charge is -2.29. The third kappa shape index (κ3) is 2.42. The van der Waals surface area contributed by atoms with Gasteiger partial charge in [-0.1, -0.05) is 0 Å². The molecule has 4 heteroatoms. The van der Waals surface area contributed by atoms with Crippen molar-refractivity contribution in [3.05, 3.63) is 18.6 Å². The van der Waals surface area contributed by atoms with E-state index in [1.165, 1.54) is 19.3 Å². The van der Waals surface area contributed by atoms with Crippen molar-refractivity contribution in [2.45, 2.75) is 18.9 Å². The Hall–Kier alpha value is -1.16. The number of likely N-dealkylation sites (tertiary alicyclic amines) is 1. The van der Waals surface area contributed by atoms with Gasteiger partial charge in [0.2, 0.25) is 5.88 Å². The van der Waals surface area contributed by atoms with E-state index in [4.69, 9.17) is 4.74 Å². The maximum absolute atomic E-state index is 5.73. The molecule has 1 unspecified atom stereocenters. The van der Waals surface area contributed by atoms with Crippen LogP contribution in [0.5, 0.6) is 5.88 Å². The molecule has 1 fully saturated rings. The lowest BCUT2D eigenvalue weighted by molar-refractivity contribution is 0.0999. The van der Waals surface area contributed by atoms with E-state index in [0.29, 0.717) is 5.88 Å². The van der Waals surface area contributed by atoms with Crippen molar-refractivity contribution in [2.24, 2.45) is 0 Å². The first-order chi connectivity index (χ1) is 6.84. The molecule has 0 aromatic carbocycles. The number of rotatable bonds is 2. The van der Waals surface area contributed by atoms with Gasteiger partial charge in [0.05, 0.1) is 0 Å². The maximum atomic E-state index is 5.73. The second kappa shape index (κ2) is 4.37.